The molecule has 0 saturated carbocycles. The fourth-order valence-electron chi connectivity index (χ4n) is 2.96. The van der Waals surface area contributed by atoms with Gasteiger partial charge in [-0.1, -0.05) is 30.3 Å². The maximum absolute atomic E-state index is 12.4. The predicted octanol–water partition coefficient (Wildman–Crippen LogP) is 3.80. The molecule has 0 radical (unpaired) electrons. The minimum Gasteiger partial charge on any atom is -0.486 e. The van der Waals surface area contributed by atoms with Crippen molar-refractivity contribution in [1.82, 2.24) is 0 Å². The van der Waals surface area contributed by atoms with Crippen LogP contribution in [0.5, 0.6) is 11.5 Å². The largest absolute Gasteiger partial charge is 0.486 e. The number of hydrogen-bond acceptors (Lipinski definition) is 5. The van der Waals surface area contributed by atoms with E-state index in [9.17, 15) is 9.59 Å². The molecule has 0 aliphatic carbocycles. The Bertz CT molecular complexity index is 1050. The molecule has 6 heteroatoms. The summed E-state index contributed by atoms with van der Waals surface area (Å²) in [4.78, 5) is 24.8. The molecule has 4 rings (SSSR count). The molecule has 6 nitrogen and oxygen atoms in total. The minimum absolute atomic E-state index is 0.301. The third-order valence-electron chi connectivity index (χ3n) is 4.45. The van der Waals surface area contributed by atoms with Crippen molar-refractivity contribution in [2.45, 2.75) is 13.0 Å². The standard InChI is InChI=1S/C22H19NO5/c1-14(21(24)23-18-8-6-15-4-2-3-5-16(15)12-18)28-22(25)17-7-9-19-20(13-17)27-11-10-26-19/h2-9,12-14H,10-11H2,1H3,(H,23,24)/t14-/m1/s1. The Morgan fingerprint density at radius 3 is 2.50 bits per heavy atom. The van der Waals surface area contributed by atoms with Gasteiger partial charge in [-0.15, -0.1) is 0 Å². The van der Waals surface area contributed by atoms with Crippen LogP contribution in [-0.2, 0) is 9.53 Å². The number of rotatable bonds is 4. The summed E-state index contributed by atoms with van der Waals surface area (Å²) in [6.07, 6.45) is -0.952. The van der Waals surface area contributed by atoms with Gasteiger partial charge in [-0.3, -0.25) is 4.79 Å². The Balaban J connectivity index is 1.41. The lowest BCUT2D eigenvalue weighted by Crippen LogP contribution is -2.30. The van der Waals surface area contributed by atoms with E-state index in [1.807, 2.05) is 42.5 Å². The lowest BCUT2D eigenvalue weighted by Gasteiger charge is -2.19. The number of hydrogen-bond donors (Lipinski definition) is 1. The number of anilines is 1. The first-order chi connectivity index (χ1) is 13.6. The molecule has 0 fully saturated rings. The van der Waals surface area contributed by atoms with E-state index in [1.165, 1.54) is 6.92 Å². The van der Waals surface area contributed by atoms with E-state index in [-0.39, 0.29) is 0 Å². The van der Waals surface area contributed by atoms with Crippen LogP contribution in [0.1, 0.15) is 17.3 Å². The molecule has 1 aliphatic heterocycles. The van der Waals surface area contributed by atoms with Gasteiger partial charge in [-0.25, -0.2) is 4.79 Å². The molecule has 1 atom stereocenters. The summed E-state index contributed by atoms with van der Waals surface area (Å²) in [5.74, 6) is 0.0816. The third kappa shape index (κ3) is 3.76. The summed E-state index contributed by atoms with van der Waals surface area (Å²) < 4.78 is 16.2. The Morgan fingerprint density at radius 2 is 1.68 bits per heavy atom. The van der Waals surface area contributed by atoms with Gasteiger partial charge in [0, 0.05) is 5.69 Å². The minimum atomic E-state index is -0.952. The van der Waals surface area contributed by atoms with Gasteiger partial charge in [0.1, 0.15) is 13.2 Å². The van der Waals surface area contributed by atoms with Crippen LogP contribution in [-0.4, -0.2) is 31.2 Å². The summed E-state index contributed by atoms with van der Waals surface area (Å²) in [6, 6.07) is 18.3. The molecule has 3 aromatic carbocycles. The van der Waals surface area contributed by atoms with E-state index >= 15 is 0 Å². The molecule has 3 aromatic rings. The SMILES string of the molecule is C[C@@H](OC(=O)c1ccc2c(c1)OCCO2)C(=O)Nc1ccc2ccccc2c1. The first-order valence-electron chi connectivity index (χ1n) is 9.00. The summed E-state index contributed by atoms with van der Waals surface area (Å²) in [6.45, 7) is 2.44. The van der Waals surface area contributed by atoms with Gasteiger partial charge in [0.2, 0.25) is 0 Å². The number of benzene rings is 3. The normalized spacial score (nSPS) is 13.6. The van der Waals surface area contributed by atoms with E-state index in [1.54, 1.807) is 18.2 Å². The van der Waals surface area contributed by atoms with Crippen LogP contribution in [0, 0.1) is 0 Å². The van der Waals surface area contributed by atoms with E-state index < -0.39 is 18.0 Å². The number of carbonyl (C=O) groups excluding carboxylic acids is 2. The van der Waals surface area contributed by atoms with Gasteiger partial charge in [-0.2, -0.15) is 0 Å². The van der Waals surface area contributed by atoms with Crippen LogP contribution in [0.25, 0.3) is 10.8 Å². The van der Waals surface area contributed by atoms with E-state index in [0.717, 1.165) is 10.8 Å². The lowest BCUT2D eigenvalue weighted by molar-refractivity contribution is -0.123. The molecule has 1 heterocycles. The number of ether oxygens (including phenoxy) is 3. The second-order valence-corrected chi connectivity index (χ2v) is 6.46. The Morgan fingerprint density at radius 1 is 0.929 bits per heavy atom. The molecule has 0 aromatic heterocycles. The second-order valence-electron chi connectivity index (χ2n) is 6.46. The highest BCUT2D eigenvalue weighted by molar-refractivity contribution is 5.99. The molecule has 142 valence electrons. The summed E-state index contributed by atoms with van der Waals surface area (Å²) in [5.41, 5.74) is 0.945. The van der Waals surface area contributed by atoms with Crippen molar-refractivity contribution in [3.05, 3.63) is 66.2 Å². The quantitative estimate of drug-likeness (QED) is 0.700. The molecule has 1 aliphatic rings. The van der Waals surface area contributed by atoms with Crippen LogP contribution in [0.4, 0.5) is 5.69 Å². The predicted molar refractivity (Wildman–Crippen MR) is 105 cm³/mol. The second kappa shape index (κ2) is 7.60. The zero-order valence-corrected chi connectivity index (χ0v) is 15.3. The van der Waals surface area contributed by atoms with Crippen molar-refractivity contribution in [2.75, 3.05) is 18.5 Å². The molecule has 0 saturated heterocycles. The van der Waals surface area contributed by atoms with E-state index in [4.69, 9.17) is 14.2 Å². The van der Waals surface area contributed by atoms with Crippen molar-refractivity contribution in [1.29, 1.82) is 0 Å². The zero-order valence-electron chi connectivity index (χ0n) is 15.3. The third-order valence-corrected chi connectivity index (χ3v) is 4.45. The number of amides is 1. The lowest BCUT2D eigenvalue weighted by atomic mass is 10.1. The fraction of sp³-hybridized carbons (Fsp3) is 0.182. The Labute approximate surface area is 162 Å². The van der Waals surface area contributed by atoms with Gasteiger partial charge in [0.05, 0.1) is 5.56 Å². The smallest absolute Gasteiger partial charge is 0.339 e. The van der Waals surface area contributed by atoms with Gasteiger partial charge in [0.25, 0.3) is 5.91 Å². The van der Waals surface area contributed by atoms with Crippen LogP contribution < -0.4 is 14.8 Å². The summed E-state index contributed by atoms with van der Waals surface area (Å²) >= 11 is 0. The molecular weight excluding hydrogens is 358 g/mol. The Hall–Kier alpha value is -3.54. The molecule has 0 spiro atoms. The van der Waals surface area contributed by atoms with Gasteiger partial charge < -0.3 is 19.5 Å². The highest BCUT2D eigenvalue weighted by Crippen LogP contribution is 2.31. The molecule has 0 bridgehead atoms. The average molecular weight is 377 g/mol. The highest BCUT2D eigenvalue weighted by atomic mass is 16.6. The molecule has 1 amide bonds. The van der Waals surface area contributed by atoms with Crippen molar-refractivity contribution >= 4 is 28.3 Å². The topological polar surface area (TPSA) is 73.9 Å². The Kier molecular flexibility index (Phi) is 4.85. The van der Waals surface area contributed by atoms with Gasteiger partial charge >= 0.3 is 5.97 Å². The van der Waals surface area contributed by atoms with Crippen molar-refractivity contribution in [3.8, 4) is 11.5 Å². The summed E-state index contributed by atoms with van der Waals surface area (Å²) in [7, 11) is 0. The molecule has 1 N–H and O–H groups in total. The van der Waals surface area contributed by atoms with Crippen molar-refractivity contribution in [2.24, 2.45) is 0 Å². The van der Waals surface area contributed by atoms with Crippen LogP contribution >= 0.6 is 0 Å². The summed E-state index contributed by atoms with van der Waals surface area (Å²) in [5, 5.41) is 4.88. The molecular formula is C22H19NO5. The van der Waals surface area contributed by atoms with Crippen LogP contribution in [0.2, 0.25) is 0 Å². The van der Waals surface area contributed by atoms with Crippen molar-refractivity contribution in [3.63, 3.8) is 0 Å². The maximum atomic E-state index is 12.4. The number of nitrogens with one attached hydrogen (secondary N) is 1. The molecule has 28 heavy (non-hydrogen) atoms. The first kappa shape index (κ1) is 17.9. The zero-order chi connectivity index (χ0) is 19.5. The monoisotopic (exact) mass is 377 g/mol. The first-order valence-corrected chi connectivity index (χ1v) is 9.00. The molecule has 0 unspecified atom stereocenters. The van der Waals surface area contributed by atoms with E-state index in [0.29, 0.717) is 36.0 Å². The van der Waals surface area contributed by atoms with Gasteiger partial charge in [0.15, 0.2) is 17.6 Å². The average Bonchev–Trinajstić information content (AvgIpc) is 2.73. The van der Waals surface area contributed by atoms with Crippen molar-refractivity contribution < 1.29 is 23.8 Å². The van der Waals surface area contributed by atoms with Crippen LogP contribution in [0.15, 0.2) is 60.7 Å². The fourth-order valence-corrected chi connectivity index (χ4v) is 2.96. The van der Waals surface area contributed by atoms with Crippen LogP contribution in [0.3, 0.4) is 0 Å². The van der Waals surface area contributed by atoms with E-state index in [2.05, 4.69) is 5.32 Å². The maximum Gasteiger partial charge on any atom is 0.339 e. The highest BCUT2D eigenvalue weighted by Gasteiger charge is 2.21. The number of fused-ring (bicyclic) bond motifs is 2. The number of esters is 1. The van der Waals surface area contributed by atoms with Gasteiger partial charge in [-0.05, 0) is 48.0 Å². The number of carbonyl (C=O) groups is 2.